The Morgan fingerprint density at radius 2 is 1.38 bits per heavy atom. The highest BCUT2D eigenvalue weighted by Crippen LogP contribution is 2.44. The van der Waals surface area contributed by atoms with Gasteiger partial charge in [-0.2, -0.15) is 0 Å². The lowest BCUT2D eigenvalue weighted by Gasteiger charge is -2.29. The summed E-state index contributed by atoms with van der Waals surface area (Å²) < 4.78 is 6.12. The summed E-state index contributed by atoms with van der Waals surface area (Å²) >= 11 is 0. The Balaban J connectivity index is 1.97. The van der Waals surface area contributed by atoms with Crippen LogP contribution in [-0.2, 0) is 4.79 Å². The Morgan fingerprint density at radius 3 is 2.08 bits per heavy atom. The molecule has 0 radical (unpaired) electrons. The summed E-state index contributed by atoms with van der Waals surface area (Å²) in [5, 5.41) is 0. The Morgan fingerprint density at radius 1 is 0.750 bits per heavy atom. The molecule has 0 aromatic heterocycles. The molecule has 1 aliphatic rings. The number of fused-ring (bicyclic) bond motifs is 1. The lowest BCUT2D eigenvalue weighted by Crippen LogP contribution is -2.17. The molecule has 2 nitrogen and oxygen atoms in total. The molecule has 1 atom stereocenters. The number of rotatable bonds is 3. The molecule has 2 heteroatoms. The number of para-hydroxylation sites is 1. The van der Waals surface area contributed by atoms with Gasteiger partial charge in [0, 0.05) is 22.6 Å². The molecular formula is C22H16O2. The molecule has 0 spiro atoms. The normalized spacial score (nSPS) is 16.2. The van der Waals surface area contributed by atoms with Crippen molar-refractivity contribution < 1.29 is 9.53 Å². The zero-order valence-electron chi connectivity index (χ0n) is 13.1. The molecule has 0 saturated carbocycles. The van der Waals surface area contributed by atoms with Gasteiger partial charge in [0.1, 0.15) is 11.5 Å². The second kappa shape index (κ2) is 6.17. The summed E-state index contributed by atoms with van der Waals surface area (Å²) in [6.07, 6.45) is 0.927. The predicted octanol–water partition coefficient (Wildman–Crippen LogP) is 4.82. The maximum Gasteiger partial charge on any atom is 0.150 e. The fraction of sp³-hybridized carbons (Fsp3) is 0.0455. The lowest BCUT2D eigenvalue weighted by atomic mass is 9.82. The number of benzene rings is 3. The third-order valence-corrected chi connectivity index (χ3v) is 4.31. The van der Waals surface area contributed by atoms with Crippen LogP contribution in [0.4, 0.5) is 0 Å². The van der Waals surface area contributed by atoms with E-state index in [0.717, 1.165) is 28.7 Å². The average Bonchev–Trinajstić information content (AvgIpc) is 2.67. The molecule has 0 N–H and O–H groups in total. The molecule has 0 bridgehead atoms. The first-order chi connectivity index (χ1) is 11.9. The summed E-state index contributed by atoms with van der Waals surface area (Å²) in [5.41, 5.74) is 3.68. The van der Waals surface area contributed by atoms with E-state index in [2.05, 4.69) is 12.1 Å². The second-order valence-electron chi connectivity index (χ2n) is 5.75. The summed E-state index contributed by atoms with van der Waals surface area (Å²) in [5.74, 6) is 1.32. The smallest absolute Gasteiger partial charge is 0.150 e. The monoisotopic (exact) mass is 312 g/mol. The molecule has 0 aliphatic carbocycles. The van der Waals surface area contributed by atoms with E-state index in [1.165, 1.54) is 0 Å². The van der Waals surface area contributed by atoms with Crippen molar-refractivity contribution in [3.63, 3.8) is 0 Å². The van der Waals surface area contributed by atoms with Crippen molar-refractivity contribution in [2.24, 2.45) is 0 Å². The van der Waals surface area contributed by atoms with Crippen LogP contribution in [-0.4, -0.2) is 6.29 Å². The van der Waals surface area contributed by atoms with Gasteiger partial charge in [-0.25, -0.2) is 0 Å². The van der Waals surface area contributed by atoms with E-state index in [1.807, 2.05) is 72.8 Å². The Labute approximate surface area is 141 Å². The van der Waals surface area contributed by atoms with Crippen molar-refractivity contribution in [1.29, 1.82) is 0 Å². The van der Waals surface area contributed by atoms with Crippen LogP contribution in [0.25, 0.3) is 5.76 Å². The number of ether oxygens (including phenoxy) is 1. The molecule has 3 aromatic rings. The summed E-state index contributed by atoms with van der Waals surface area (Å²) in [6.45, 7) is 0. The maximum absolute atomic E-state index is 12.0. The van der Waals surface area contributed by atoms with Gasteiger partial charge in [-0.1, -0.05) is 78.9 Å². The number of aldehydes is 1. The predicted molar refractivity (Wildman–Crippen MR) is 94.8 cm³/mol. The summed E-state index contributed by atoms with van der Waals surface area (Å²) in [7, 11) is 0. The van der Waals surface area contributed by atoms with Crippen LogP contribution in [0.2, 0.25) is 0 Å². The van der Waals surface area contributed by atoms with Gasteiger partial charge in [-0.3, -0.25) is 4.79 Å². The lowest BCUT2D eigenvalue weighted by molar-refractivity contribution is -0.105. The Bertz CT molecular complexity index is 896. The van der Waals surface area contributed by atoms with Crippen LogP contribution in [0.15, 0.2) is 90.5 Å². The first kappa shape index (κ1) is 14.5. The standard InChI is InChI=1S/C22H16O2/c23-15-19-21(16-9-3-1-4-10-16)18-13-7-8-14-20(18)24-22(19)17-11-5-2-6-12-17/h1-15,21H/t21-/m0/s1. The molecule has 116 valence electrons. The van der Waals surface area contributed by atoms with E-state index in [9.17, 15) is 4.79 Å². The van der Waals surface area contributed by atoms with Gasteiger partial charge in [0.15, 0.2) is 6.29 Å². The first-order valence-electron chi connectivity index (χ1n) is 7.95. The Kier molecular flexibility index (Phi) is 3.72. The van der Waals surface area contributed by atoms with E-state index >= 15 is 0 Å². The quantitative estimate of drug-likeness (QED) is 0.648. The van der Waals surface area contributed by atoms with Gasteiger partial charge in [0.2, 0.25) is 0 Å². The van der Waals surface area contributed by atoms with Crippen molar-refractivity contribution in [2.75, 3.05) is 0 Å². The van der Waals surface area contributed by atoms with Crippen molar-refractivity contribution in [1.82, 2.24) is 0 Å². The van der Waals surface area contributed by atoms with E-state index < -0.39 is 0 Å². The fourth-order valence-electron chi connectivity index (χ4n) is 3.22. The molecular weight excluding hydrogens is 296 g/mol. The van der Waals surface area contributed by atoms with Crippen molar-refractivity contribution in [2.45, 2.75) is 5.92 Å². The molecule has 1 aliphatic heterocycles. The largest absolute Gasteiger partial charge is 0.456 e. The minimum atomic E-state index is -0.121. The number of hydrogen-bond donors (Lipinski definition) is 0. The molecule has 0 saturated heterocycles. The minimum absolute atomic E-state index is 0.121. The maximum atomic E-state index is 12.0. The highest BCUT2D eigenvalue weighted by molar-refractivity contribution is 5.91. The van der Waals surface area contributed by atoms with Gasteiger partial charge < -0.3 is 4.74 Å². The third-order valence-electron chi connectivity index (χ3n) is 4.31. The van der Waals surface area contributed by atoms with Gasteiger partial charge in [0.25, 0.3) is 0 Å². The molecule has 0 amide bonds. The molecule has 1 heterocycles. The Hall–Kier alpha value is -3.13. The highest BCUT2D eigenvalue weighted by atomic mass is 16.5. The number of carbonyl (C=O) groups excluding carboxylic acids is 1. The van der Waals surface area contributed by atoms with Crippen LogP contribution in [0.3, 0.4) is 0 Å². The number of hydrogen-bond acceptors (Lipinski definition) is 2. The van der Waals surface area contributed by atoms with Crippen LogP contribution in [0.1, 0.15) is 22.6 Å². The molecule has 0 fully saturated rings. The molecule has 4 rings (SSSR count). The van der Waals surface area contributed by atoms with Gasteiger partial charge in [-0.05, 0) is 11.6 Å². The van der Waals surface area contributed by atoms with Crippen LogP contribution in [0.5, 0.6) is 5.75 Å². The average molecular weight is 312 g/mol. The topological polar surface area (TPSA) is 26.3 Å². The zero-order valence-corrected chi connectivity index (χ0v) is 13.1. The molecule has 3 aromatic carbocycles. The number of allylic oxidation sites excluding steroid dienone is 1. The van der Waals surface area contributed by atoms with Gasteiger partial charge >= 0.3 is 0 Å². The van der Waals surface area contributed by atoms with E-state index in [1.54, 1.807) is 0 Å². The van der Waals surface area contributed by atoms with Gasteiger partial charge in [-0.15, -0.1) is 0 Å². The van der Waals surface area contributed by atoms with Gasteiger partial charge in [0.05, 0.1) is 0 Å². The summed E-state index contributed by atoms with van der Waals surface area (Å²) in [4.78, 5) is 12.0. The van der Waals surface area contributed by atoms with E-state index in [4.69, 9.17) is 4.74 Å². The first-order valence-corrected chi connectivity index (χ1v) is 7.95. The zero-order chi connectivity index (χ0) is 16.4. The fourth-order valence-corrected chi connectivity index (χ4v) is 3.22. The summed E-state index contributed by atoms with van der Waals surface area (Å²) in [6, 6.07) is 27.8. The number of carbonyl (C=O) groups is 1. The van der Waals surface area contributed by atoms with Crippen molar-refractivity contribution in [3.05, 3.63) is 107 Å². The minimum Gasteiger partial charge on any atom is -0.456 e. The SMILES string of the molecule is O=CC1=C(c2ccccc2)Oc2ccccc2[C@@H]1c1ccccc1. The van der Waals surface area contributed by atoms with Crippen molar-refractivity contribution >= 4 is 12.0 Å². The van der Waals surface area contributed by atoms with Crippen LogP contribution >= 0.6 is 0 Å². The van der Waals surface area contributed by atoms with E-state index in [0.29, 0.717) is 11.3 Å². The third kappa shape index (κ3) is 2.42. The highest BCUT2D eigenvalue weighted by Gasteiger charge is 2.31. The second-order valence-corrected chi connectivity index (χ2v) is 5.75. The van der Waals surface area contributed by atoms with Crippen LogP contribution < -0.4 is 4.74 Å². The molecule has 24 heavy (non-hydrogen) atoms. The van der Waals surface area contributed by atoms with E-state index in [-0.39, 0.29) is 5.92 Å². The molecule has 0 unspecified atom stereocenters. The van der Waals surface area contributed by atoms with Crippen molar-refractivity contribution in [3.8, 4) is 5.75 Å². The van der Waals surface area contributed by atoms with Crippen LogP contribution in [0, 0.1) is 0 Å².